The molecule has 0 aromatic heterocycles. The fourth-order valence-electron chi connectivity index (χ4n) is 0.943. The van der Waals surface area contributed by atoms with Gasteiger partial charge in [-0.1, -0.05) is 6.42 Å². The number of nitrogens with zero attached hydrogens (tertiary/aromatic N) is 1. The summed E-state index contributed by atoms with van der Waals surface area (Å²) in [6, 6.07) is 0. The summed E-state index contributed by atoms with van der Waals surface area (Å²) >= 11 is 0. The molecule has 1 rings (SSSR count). The van der Waals surface area contributed by atoms with Gasteiger partial charge in [-0.15, -0.1) is 10.1 Å². The van der Waals surface area contributed by atoms with E-state index in [4.69, 9.17) is 0 Å². The molecule has 1 atom stereocenters. The normalized spacial score (nSPS) is 23.4. The van der Waals surface area contributed by atoms with Crippen molar-refractivity contribution in [2.45, 2.75) is 25.4 Å². The molecule has 4 nitrogen and oxygen atoms in total. The van der Waals surface area contributed by atoms with Crippen LogP contribution < -0.4 is 0 Å². The van der Waals surface area contributed by atoms with E-state index in [1.807, 2.05) is 6.42 Å². The molecule has 1 aliphatic carbocycles. The summed E-state index contributed by atoms with van der Waals surface area (Å²) in [6.07, 6.45) is 4.30. The maximum Gasteiger partial charge on any atom is 0.294 e. The van der Waals surface area contributed by atoms with Crippen molar-refractivity contribution in [3.05, 3.63) is 16.5 Å². The number of rotatable bonds is 2. The summed E-state index contributed by atoms with van der Waals surface area (Å²) in [6.45, 7) is 0. The van der Waals surface area contributed by atoms with Crippen LogP contribution in [-0.4, -0.2) is 11.2 Å². The topological polar surface area (TPSA) is 52.4 Å². The fraction of sp³-hybridized carbons (Fsp3) is 0.800. The Labute approximate surface area is 84.3 Å². The molecule has 1 aliphatic rings. The Kier molecular flexibility index (Phi) is 5.17. The SMILES string of the molecule is O=[N+]([O-])OC1C[CH-]CC1.[Y]. The van der Waals surface area contributed by atoms with Crippen LogP contribution in [0, 0.1) is 16.5 Å². The first-order valence-corrected chi connectivity index (χ1v) is 2.92. The summed E-state index contributed by atoms with van der Waals surface area (Å²) in [7, 11) is 0. The Morgan fingerprint density at radius 2 is 2.40 bits per heavy atom. The van der Waals surface area contributed by atoms with Crippen LogP contribution in [0.25, 0.3) is 0 Å². The molecule has 0 aromatic carbocycles. The smallest absolute Gasteiger partial charge is 0.294 e. The van der Waals surface area contributed by atoms with Crippen molar-refractivity contribution in [2.24, 2.45) is 0 Å². The molecular weight excluding hydrogens is 211 g/mol. The predicted octanol–water partition coefficient (Wildman–Crippen LogP) is 0.949. The Bertz CT molecular complexity index is 113. The summed E-state index contributed by atoms with van der Waals surface area (Å²) in [5.41, 5.74) is 0. The molecular formula is C5H8NO3Y-. The van der Waals surface area contributed by atoms with Gasteiger partial charge in [0.25, 0.3) is 5.09 Å². The predicted molar refractivity (Wildman–Crippen MR) is 30.0 cm³/mol. The average molecular weight is 219 g/mol. The number of hydrogen-bond acceptors (Lipinski definition) is 3. The van der Waals surface area contributed by atoms with E-state index in [1.54, 1.807) is 0 Å². The van der Waals surface area contributed by atoms with E-state index in [0.717, 1.165) is 19.3 Å². The van der Waals surface area contributed by atoms with Gasteiger partial charge in [0, 0.05) is 32.7 Å². The van der Waals surface area contributed by atoms with Crippen molar-refractivity contribution in [1.29, 1.82) is 0 Å². The Morgan fingerprint density at radius 1 is 1.70 bits per heavy atom. The third-order valence-electron chi connectivity index (χ3n) is 1.36. The molecule has 0 saturated heterocycles. The number of hydrogen-bond donors (Lipinski definition) is 0. The van der Waals surface area contributed by atoms with Crippen molar-refractivity contribution in [1.82, 2.24) is 0 Å². The quantitative estimate of drug-likeness (QED) is 0.394. The van der Waals surface area contributed by atoms with Gasteiger partial charge in [0.05, 0.1) is 6.10 Å². The van der Waals surface area contributed by atoms with Crippen LogP contribution in [-0.2, 0) is 37.5 Å². The van der Waals surface area contributed by atoms with Crippen LogP contribution in [0.1, 0.15) is 19.3 Å². The van der Waals surface area contributed by atoms with Gasteiger partial charge in [-0.05, 0) is 0 Å². The molecule has 1 radical (unpaired) electrons. The molecule has 0 spiro atoms. The Morgan fingerprint density at radius 3 is 2.80 bits per heavy atom. The van der Waals surface area contributed by atoms with Gasteiger partial charge in [-0.3, -0.25) is 0 Å². The maximum atomic E-state index is 9.72. The summed E-state index contributed by atoms with van der Waals surface area (Å²) < 4.78 is 0. The standard InChI is InChI=1S/C5H8NO3.Y/c7-6(8)9-5-3-1-2-4-5;/h1,5H,2-4H2;/q-1;. The largest absolute Gasteiger partial charge is 0.326 e. The van der Waals surface area contributed by atoms with Crippen LogP contribution in [0.15, 0.2) is 0 Å². The zero-order chi connectivity index (χ0) is 6.69. The van der Waals surface area contributed by atoms with Crippen LogP contribution in [0.5, 0.6) is 0 Å². The minimum absolute atomic E-state index is 0. The molecule has 0 amide bonds. The van der Waals surface area contributed by atoms with Crippen LogP contribution in [0.3, 0.4) is 0 Å². The summed E-state index contributed by atoms with van der Waals surface area (Å²) in [4.78, 5) is 14.0. The van der Waals surface area contributed by atoms with Crippen molar-refractivity contribution in [3.8, 4) is 0 Å². The zero-order valence-corrected chi connectivity index (χ0v) is 8.36. The summed E-state index contributed by atoms with van der Waals surface area (Å²) in [5, 5.41) is 9.01. The molecule has 0 N–H and O–H groups in total. The fourth-order valence-corrected chi connectivity index (χ4v) is 0.943. The molecule has 1 fully saturated rings. The first-order valence-electron chi connectivity index (χ1n) is 2.92. The van der Waals surface area contributed by atoms with Gasteiger partial charge in [-0.25, -0.2) is 0 Å². The van der Waals surface area contributed by atoms with Crippen LogP contribution in [0.2, 0.25) is 0 Å². The Hall–Kier alpha value is 0.304. The second-order valence-electron chi connectivity index (χ2n) is 2.05. The van der Waals surface area contributed by atoms with E-state index in [1.165, 1.54) is 0 Å². The van der Waals surface area contributed by atoms with Crippen molar-refractivity contribution < 1.29 is 42.6 Å². The van der Waals surface area contributed by atoms with Crippen LogP contribution >= 0.6 is 0 Å². The van der Waals surface area contributed by atoms with Crippen LogP contribution in [0.4, 0.5) is 0 Å². The van der Waals surface area contributed by atoms with E-state index in [2.05, 4.69) is 4.84 Å². The summed E-state index contributed by atoms with van der Waals surface area (Å²) in [5.74, 6) is 0. The zero-order valence-electron chi connectivity index (χ0n) is 5.53. The third-order valence-corrected chi connectivity index (χ3v) is 1.36. The molecule has 0 aliphatic heterocycles. The first-order chi connectivity index (χ1) is 4.29. The molecule has 0 aromatic rings. The van der Waals surface area contributed by atoms with Gasteiger partial charge in [0.15, 0.2) is 0 Å². The maximum absolute atomic E-state index is 9.72. The second kappa shape index (κ2) is 5.02. The van der Waals surface area contributed by atoms with E-state index in [0.29, 0.717) is 0 Å². The van der Waals surface area contributed by atoms with E-state index < -0.39 is 5.09 Å². The van der Waals surface area contributed by atoms with Gasteiger partial charge in [0.1, 0.15) is 0 Å². The first kappa shape index (κ1) is 10.3. The minimum atomic E-state index is -0.718. The molecule has 1 saturated carbocycles. The monoisotopic (exact) mass is 219 g/mol. The van der Waals surface area contributed by atoms with E-state index >= 15 is 0 Å². The van der Waals surface area contributed by atoms with E-state index in [-0.39, 0.29) is 38.8 Å². The molecule has 55 valence electrons. The van der Waals surface area contributed by atoms with Gasteiger partial charge >= 0.3 is 0 Å². The average Bonchev–Trinajstić information content (AvgIpc) is 2.15. The molecule has 10 heavy (non-hydrogen) atoms. The molecule has 0 bridgehead atoms. The van der Waals surface area contributed by atoms with Crippen molar-refractivity contribution in [2.75, 3.05) is 0 Å². The minimum Gasteiger partial charge on any atom is -0.326 e. The molecule has 1 unspecified atom stereocenters. The van der Waals surface area contributed by atoms with Crippen molar-refractivity contribution >= 4 is 0 Å². The third kappa shape index (κ3) is 3.47. The van der Waals surface area contributed by atoms with Gasteiger partial charge in [0.2, 0.25) is 0 Å². The van der Waals surface area contributed by atoms with Gasteiger partial charge in [-0.2, -0.15) is 12.8 Å². The molecule has 0 heterocycles. The van der Waals surface area contributed by atoms with E-state index in [9.17, 15) is 10.1 Å². The molecule has 5 heteroatoms. The second-order valence-corrected chi connectivity index (χ2v) is 2.05. The Balaban J connectivity index is 0.000000810. The van der Waals surface area contributed by atoms with Gasteiger partial charge < -0.3 is 11.3 Å². The van der Waals surface area contributed by atoms with Crippen molar-refractivity contribution in [3.63, 3.8) is 0 Å².